The van der Waals surface area contributed by atoms with Crippen molar-refractivity contribution in [2.24, 2.45) is 0 Å². The van der Waals surface area contributed by atoms with Crippen LogP contribution in [0.4, 0.5) is 0 Å². The highest BCUT2D eigenvalue weighted by molar-refractivity contribution is 5.96. The van der Waals surface area contributed by atoms with Crippen LogP contribution in [-0.4, -0.2) is 19.1 Å². The van der Waals surface area contributed by atoms with Crippen LogP contribution in [0.2, 0.25) is 0 Å². The van der Waals surface area contributed by atoms with Gasteiger partial charge in [0.2, 0.25) is 0 Å². The molecule has 3 aromatic rings. The van der Waals surface area contributed by atoms with Crippen LogP contribution >= 0.6 is 0 Å². The van der Waals surface area contributed by atoms with Crippen molar-refractivity contribution in [1.82, 2.24) is 5.32 Å². The lowest BCUT2D eigenvalue weighted by atomic mass is 10.1. The van der Waals surface area contributed by atoms with E-state index in [1.165, 1.54) is 0 Å². The summed E-state index contributed by atoms with van der Waals surface area (Å²) >= 11 is 0. The molecule has 130 valence electrons. The lowest BCUT2D eigenvalue weighted by Gasteiger charge is -2.13. The third-order valence-corrected chi connectivity index (χ3v) is 4.14. The molecule has 3 rings (SSSR count). The summed E-state index contributed by atoms with van der Waals surface area (Å²) in [6.07, 6.45) is 0.804. The van der Waals surface area contributed by atoms with Gasteiger partial charge in [0.25, 0.3) is 5.91 Å². The van der Waals surface area contributed by atoms with E-state index in [0.29, 0.717) is 18.9 Å². The fourth-order valence-corrected chi connectivity index (χ4v) is 2.72. The Hall–Kier alpha value is -2.59. The molecule has 1 heterocycles. The monoisotopic (exact) mass is 337 g/mol. The Balaban J connectivity index is 1.43. The highest BCUT2D eigenvalue weighted by Crippen LogP contribution is 2.20. The molecule has 25 heavy (non-hydrogen) atoms. The summed E-state index contributed by atoms with van der Waals surface area (Å²) in [5.41, 5.74) is 3.03. The minimum atomic E-state index is -0.190. The van der Waals surface area contributed by atoms with Crippen molar-refractivity contribution in [1.29, 1.82) is 0 Å². The summed E-state index contributed by atoms with van der Waals surface area (Å²) in [7, 11) is 0. The summed E-state index contributed by atoms with van der Waals surface area (Å²) in [6, 6.07) is 17.8. The predicted molar refractivity (Wildman–Crippen MR) is 98.7 cm³/mol. The highest BCUT2D eigenvalue weighted by atomic mass is 16.5. The molecule has 1 atom stereocenters. The minimum absolute atomic E-state index is 0.0514. The first-order valence-electron chi connectivity index (χ1n) is 8.58. The number of ether oxygens (including phenoxy) is 1. The average Bonchev–Trinajstić information content (AvgIpc) is 3.05. The second-order valence-electron chi connectivity index (χ2n) is 6.19. The van der Waals surface area contributed by atoms with Crippen molar-refractivity contribution in [2.45, 2.75) is 26.4 Å². The molecule has 0 fully saturated rings. The molecule has 4 nitrogen and oxygen atoms in total. The molecule has 0 saturated heterocycles. The van der Waals surface area contributed by atoms with Gasteiger partial charge in [-0.25, -0.2) is 0 Å². The molecule has 4 heteroatoms. The van der Waals surface area contributed by atoms with E-state index >= 15 is 0 Å². The molecule has 0 aliphatic carbocycles. The zero-order valence-electron chi connectivity index (χ0n) is 14.6. The summed E-state index contributed by atoms with van der Waals surface area (Å²) < 4.78 is 11.4. The molecule has 0 bridgehead atoms. The summed E-state index contributed by atoms with van der Waals surface area (Å²) in [6.45, 7) is 5.19. The van der Waals surface area contributed by atoms with Crippen molar-refractivity contribution in [3.05, 3.63) is 71.5 Å². The second kappa shape index (κ2) is 7.99. The van der Waals surface area contributed by atoms with E-state index < -0.39 is 0 Å². The highest BCUT2D eigenvalue weighted by Gasteiger charge is 2.12. The van der Waals surface area contributed by atoms with Crippen molar-refractivity contribution in [2.75, 3.05) is 13.2 Å². The van der Waals surface area contributed by atoms with E-state index in [-0.39, 0.29) is 12.0 Å². The zero-order valence-corrected chi connectivity index (χ0v) is 14.6. The molecule has 2 aromatic carbocycles. The number of carbonyl (C=O) groups excluding carboxylic acids is 1. The van der Waals surface area contributed by atoms with Crippen LogP contribution in [0.5, 0.6) is 0 Å². The summed E-state index contributed by atoms with van der Waals surface area (Å²) in [4.78, 5) is 12.2. The van der Waals surface area contributed by atoms with Crippen LogP contribution < -0.4 is 5.32 Å². The number of nitrogens with one attached hydrogen (secondary N) is 1. The molecular formula is C21H23NO3. The number of furan rings is 1. The maximum absolute atomic E-state index is 12.2. The van der Waals surface area contributed by atoms with Gasteiger partial charge in [-0.15, -0.1) is 0 Å². The summed E-state index contributed by atoms with van der Waals surface area (Å²) in [5.74, 6) is 0.157. The Morgan fingerprint density at radius 3 is 2.76 bits per heavy atom. The Kier molecular flexibility index (Phi) is 5.51. The van der Waals surface area contributed by atoms with Gasteiger partial charge >= 0.3 is 0 Å². The average molecular weight is 337 g/mol. The number of amides is 1. The molecule has 0 aliphatic heterocycles. The van der Waals surface area contributed by atoms with Gasteiger partial charge in [-0.1, -0.05) is 42.0 Å². The van der Waals surface area contributed by atoms with Crippen molar-refractivity contribution < 1.29 is 13.9 Å². The second-order valence-corrected chi connectivity index (χ2v) is 6.19. The first-order valence-corrected chi connectivity index (χ1v) is 8.58. The topological polar surface area (TPSA) is 51.5 Å². The van der Waals surface area contributed by atoms with Gasteiger partial charge in [0.05, 0.1) is 6.10 Å². The Labute approximate surface area is 147 Å². The number of benzene rings is 2. The molecule has 0 radical (unpaired) electrons. The van der Waals surface area contributed by atoms with E-state index in [9.17, 15) is 4.79 Å². The number of carbonyl (C=O) groups is 1. The predicted octanol–water partition coefficient (Wildman–Crippen LogP) is 4.64. The fraction of sp³-hybridized carbons (Fsp3) is 0.286. The smallest absolute Gasteiger partial charge is 0.287 e. The van der Waals surface area contributed by atoms with Crippen LogP contribution in [0.15, 0.2) is 59.0 Å². The number of aryl methyl sites for hydroxylation is 1. The third kappa shape index (κ3) is 4.48. The van der Waals surface area contributed by atoms with Crippen LogP contribution in [-0.2, 0) is 4.74 Å². The molecule has 0 aliphatic rings. The number of hydrogen-bond acceptors (Lipinski definition) is 3. The van der Waals surface area contributed by atoms with E-state index in [1.807, 2.05) is 50.2 Å². The Bertz CT molecular complexity index is 839. The van der Waals surface area contributed by atoms with Crippen molar-refractivity contribution in [3.63, 3.8) is 0 Å². The van der Waals surface area contributed by atoms with Gasteiger partial charge in [-0.3, -0.25) is 4.79 Å². The van der Waals surface area contributed by atoms with Crippen LogP contribution in [0, 0.1) is 6.92 Å². The number of hydrogen-bond donors (Lipinski definition) is 1. The molecular weight excluding hydrogens is 314 g/mol. The maximum Gasteiger partial charge on any atom is 0.287 e. The molecule has 1 amide bonds. The van der Waals surface area contributed by atoms with Gasteiger partial charge in [0, 0.05) is 18.5 Å². The van der Waals surface area contributed by atoms with Crippen LogP contribution in [0.1, 0.15) is 41.1 Å². The van der Waals surface area contributed by atoms with E-state index in [2.05, 4.69) is 17.4 Å². The lowest BCUT2D eigenvalue weighted by Crippen LogP contribution is -2.24. The quantitative estimate of drug-likeness (QED) is 0.639. The molecule has 1 N–H and O–H groups in total. The van der Waals surface area contributed by atoms with Crippen LogP contribution in [0.3, 0.4) is 0 Å². The van der Waals surface area contributed by atoms with Gasteiger partial charge in [-0.05, 0) is 44.0 Å². The normalized spacial score (nSPS) is 12.2. The van der Waals surface area contributed by atoms with E-state index in [1.54, 1.807) is 6.07 Å². The molecule has 0 saturated carbocycles. The maximum atomic E-state index is 12.2. The first-order chi connectivity index (χ1) is 12.1. The fourth-order valence-electron chi connectivity index (χ4n) is 2.72. The lowest BCUT2D eigenvalue weighted by molar-refractivity contribution is 0.0633. The van der Waals surface area contributed by atoms with E-state index in [4.69, 9.17) is 9.15 Å². The largest absolute Gasteiger partial charge is 0.451 e. The molecule has 1 aromatic heterocycles. The molecule has 1 unspecified atom stereocenters. The van der Waals surface area contributed by atoms with Gasteiger partial charge in [0.15, 0.2) is 5.76 Å². The van der Waals surface area contributed by atoms with Crippen molar-refractivity contribution >= 4 is 16.9 Å². The SMILES string of the molecule is Cc1ccc2oc(C(=O)NCCCOC(C)c3ccccc3)cc2c1. The van der Waals surface area contributed by atoms with Gasteiger partial charge < -0.3 is 14.5 Å². The zero-order chi connectivity index (χ0) is 17.6. The van der Waals surface area contributed by atoms with Gasteiger partial charge in [-0.2, -0.15) is 0 Å². The standard InChI is InChI=1S/C21H23NO3/c1-15-9-10-19-18(13-15)14-20(25-19)21(23)22-11-6-12-24-16(2)17-7-4-3-5-8-17/h3-5,7-10,13-14,16H,6,11-12H2,1-2H3,(H,22,23). The van der Waals surface area contributed by atoms with Crippen molar-refractivity contribution in [3.8, 4) is 0 Å². The van der Waals surface area contributed by atoms with E-state index in [0.717, 1.165) is 28.5 Å². The molecule has 0 spiro atoms. The number of fused-ring (bicyclic) bond motifs is 1. The first kappa shape index (κ1) is 17.2. The minimum Gasteiger partial charge on any atom is -0.451 e. The third-order valence-electron chi connectivity index (χ3n) is 4.14. The Morgan fingerprint density at radius 1 is 1.16 bits per heavy atom. The Morgan fingerprint density at radius 2 is 1.96 bits per heavy atom. The van der Waals surface area contributed by atoms with Crippen LogP contribution in [0.25, 0.3) is 11.0 Å². The van der Waals surface area contributed by atoms with Gasteiger partial charge in [0.1, 0.15) is 5.58 Å². The number of rotatable bonds is 7. The summed E-state index contributed by atoms with van der Waals surface area (Å²) in [5, 5.41) is 3.82.